The quantitative estimate of drug-likeness (QED) is 0.624. The van der Waals surface area contributed by atoms with Crippen molar-refractivity contribution in [3.63, 3.8) is 0 Å². The molecule has 0 aliphatic rings. The number of hydrogen-bond acceptors (Lipinski definition) is 3. The van der Waals surface area contributed by atoms with Gasteiger partial charge >= 0.3 is 13.6 Å². The first-order valence-electron chi connectivity index (χ1n) is 4.83. The molecule has 2 rings (SSSR count). The number of aromatic amines is 1. The lowest BCUT2D eigenvalue weighted by Gasteiger charge is -1.96. The second-order valence-corrected chi connectivity index (χ2v) is 5.02. The predicted molar refractivity (Wildman–Crippen MR) is 64.1 cm³/mol. The number of imidazole rings is 1. The van der Waals surface area contributed by atoms with Crippen molar-refractivity contribution in [2.75, 3.05) is 0 Å². The molecule has 0 amide bonds. The number of nitrogens with zero attached hydrogens (tertiary/aromatic N) is 1. The normalized spacial score (nSPS) is 12.3. The summed E-state index contributed by atoms with van der Waals surface area (Å²) in [5.41, 5.74) is 1.26. The van der Waals surface area contributed by atoms with Gasteiger partial charge in [0.2, 0.25) is 5.82 Å². The summed E-state index contributed by atoms with van der Waals surface area (Å²) in [6.45, 7) is 0. The maximum atomic E-state index is 10.8. The molecule has 0 aliphatic carbocycles. The first-order valence-corrected chi connectivity index (χ1v) is 6.51. The summed E-state index contributed by atoms with van der Waals surface area (Å²) in [7, 11) is -4.26. The van der Waals surface area contributed by atoms with Crippen molar-refractivity contribution < 1.29 is 24.3 Å². The zero-order valence-corrected chi connectivity index (χ0v) is 9.83. The second-order valence-electron chi connectivity index (χ2n) is 3.54. The predicted octanol–water partition coefficient (Wildman–Crippen LogP) is 1.41. The Hall–Kier alpha value is -1.95. The molecule has 0 spiro atoms. The molecule has 0 unspecified atom stereocenters. The molecule has 4 N–H and O–H groups in total. The minimum absolute atomic E-state index is 0.220. The van der Waals surface area contributed by atoms with E-state index in [4.69, 9.17) is 14.9 Å². The van der Waals surface area contributed by atoms with Crippen LogP contribution in [0.15, 0.2) is 24.0 Å². The number of aromatic nitrogens is 2. The van der Waals surface area contributed by atoms with Gasteiger partial charge in [0.15, 0.2) is 0 Å². The summed E-state index contributed by atoms with van der Waals surface area (Å²) in [5.74, 6) is -0.671. The Balaban J connectivity index is 2.55. The molecule has 0 fully saturated rings. The molecular weight excluding hydrogens is 259 g/mol. The van der Waals surface area contributed by atoms with Crippen molar-refractivity contribution in [1.82, 2.24) is 9.97 Å². The third-order valence-electron chi connectivity index (χ3n) is 2.19. The third-order valence-corrected chi connectivity index (χ3v) is 2.73. The van der Waals surface area contributed by atoms with Gasteiger partial charge in [0.05, 0.1) is 11.0 Å². The first-order chi connectivity index (χ1) is 8.37. The maximum absolute atomic E-state index is 10.8. The average molecular weight is 268 g/mol. The molecule has 18 heavy (non-hydrogen) atoms. The van der Waals surface area contributed by atoms with Crippen molar-refractivity contribution in [2.45, 2.75) is 0 Å². The SMILES string of the molecule is O=C(O)c1nc2c(C=CP(=O)(O)O)cccc2[nH]1. The van der Waals surface area contributed by atoms with E-state index >= 15 is 0 Å². The summed E-state index contributed by atoms with van der Waals surface area (Å²) in [5, 5.41) is 8.80. The smallest absolute Gasteiger partial charge is 0.371 e. The summed E-state index contributed by atoms with van der Waals surface area (Å²) in [4.78, 5) is 34.7. The zero-order valence-electron chi connectivity index (χ0n) is 8.94. The van der Waals surface area contributed by atoms with Crippen molar-refractivity contribution in [1.29, 1.82) is 0 Å². The molecule has 7 nitrogen and oxygen atoms in total. The van der Waals surface area contributed by atoms with E-state index in [0.717, 1.165) is 5.82 Å². The molecule has 0 saturated heterocycles. The molecule has 0 atom stereocenters. The Bertz CT molecular complexity index is 685. The summed E-state index contributed by atoms with van der Waals surface area (Å²) in [6.07, 6.45) is 1.22. The molecule has 0 bridgehead atoms. The number of H-pyrrole nitrogens is 1. The molecule has 94 valence electrons. The van der Waals surface area contributed by atoms with E-state index in [9.17, 15) is 9.36 Å². The highest BCUT2D eigenvalue weighted by Crippen LogP contribution is 2.37. The average Bonchev–Trinajstić information content (AvgIpc) is 2.69. The Kier molecular flexibility index (Phi) is 3.04. The van der Waals surface area contributed by atoms with Gasteiger partial charge in [0, 0.05) is 11.4 Å². The number of para-hydroxylation sites is 1. The fraction of sp³-hybridized carbons (Fsp3) is 0. The fourth-order valence-corrected chi connectivity index (χ4v) is 1.82. The molecule has 0 saturated carbocycles. The van der Waals surface area contributed by atoms with E-state index in [0.29, 0.717) is 16.6 Å². The number of rotatable bonds is 3. The molecule has 0 radical (unpaired) electrons. The van der Waals surface area contributed by atoms with Gasteiger partial charge in [-0.2, -0.15) is 0 Å². The van der Waals surface area contributed by atoms with Crippen LogP contribution in [0.2, 0.25) is 0 Å². The van der Waals surface area contributed by atoms with E-state index in [1.54, 1.807) is 18.2 Å². The Morgan fingerprint density at radius 1 is 1.39 bits per heavy atom. The Morgan fingerprint density at radius 3 is 2.72 bits per heavy atom. The van der Waals surface area contributed by atoms with Crippen molar-refractivity contribution >= 4 is 30.7 Å². The maximum Gasteiger partial charge on any atom is 0.371 e. The summed E-state index contributed by atoms with van der Waals surface area (Å²) < 4.78 is 10.7. The van der Waals surface area contributed by atoms with E-state index in [-0.39, 0.29) is 5.82 Å². The number of carboxylic acid groups (broad SMARTS) is 1. The molecule has 8 heteroatoms. The number of carbonyl (C=O) groups is 1. The van der Waals surface area contributed by atoms with Crippen LogP contribution in [0, 0.1) is 0 Å². The topological polar surface area (TPSA) is 124 Å². The zero-order chi connectivity index (χ0) is 13.3. The Morgan fingerprint density at radius 2 is 2.11 bits per heavy atom. The number of nitrogens with one attached hydrogen (secondary N) is 1. The van der Waals surface area contributed by atoms with Gasteiger partial charge in [-0.25, -0.2) is 9.78 Å². The van der Waals surface area contributed by atoms with Crippen LogP contribution >= 0.6 is 7.60 Å². The standard InChI is InChI=1S/C10H9N2O5P/c13-10(14)9-11-7-3-1-2-6(8(7)12-9)4-5-18(15,16)17/h1-5H,(H,11,12)(H,13,14)(H2,15,16,17). The van der Waals surface area contributed by atoms with Crippen LogP contribution in [-0.4, -0.2) is 30.8 Å². The number of hydrogen-bond donors (Lipinski definition) is 4. The van der Waals surface area contributed by atoms with Crippen molar-refractivity contribution in [3.05, 3.63) is 35.4 Å². The summed E-state index contributed by atoms with van der Waals surface area (Å²) in [6, 6.07) is 4.84. The van der Waals surface area contributed by atoms with Crippen LogP contribution < -0.4 is 0 Å². The largest absolute Gasteiger partial charge is 0.475 e. The number of carboxylic acids is 1. The third kappa shape index (κ3) is 2.65. The van der Waals surface area contributed by atoms with Crippen LogP contribution in [0.1, 0.15) is 16.2 Å². The highest BCUT2D eigenvalue weighted by Gasteiger charge is 2.12. The van der Waals surface area contributed by atoms with Gasteiger partial charge in [-0.15, -0.1) is 0 Å². The van der Waals surface area contributed by atoms with E-state index in [1.165, 1.54) is 6.08 Å². The lowest BCUT2D eigenvalue weighted by molar-refractivity contribution is 0.0685. The molecule has 1 aromatic heterocycles. The minimum atomic E-state index is -4.26. The molecule has 0 aliphatic heterocycles. The van der Waals surface area contributed by atoms with Crippen LogP contribution in [0.3, 0.4) is 0 Å². The molecule has 1 aromatic carbocycles. The van der Waals surface area contributed by atoms with Crippen LogP contribution in [-0.2, 0) is 4.57 Å². The van der Waals surface area contributed by atoms with Crippen molar-refractivity contribution in [2.24, 2.45) is 0 Å². The van der Waals surface area contributed by atoms with Crippen LogP contribution in [0.5, 0.6) is 0 Å². The van der Waals surface area contributed by atoms with Crippen LogP contribution in [0.4, 0.5) is 0 Å². The van der Waals surface area contributed by atoms with Gasteiger partial charge in [-0.05, 0) is 12.1 Å². The lowest BCUT2D eigenvalue weighted by atomic mass is 10.2. The van der Waals surface area contributed by atoms with E-state index in [2.05, 4.69) is 9.97 Å². The number of benzene rings is 1. The van der Waals surface area contributed by atoms with Gasteiger partial charge in [0.1, 0.15) is 0 Å². The first kappa shape index (κ1) is 12.5. The molecular formula is C10H9N2O5P. The second kappa shape index (κ2) is 4.38. The lowest BCUT2D eigenvalue weighted by Crippen LogP contribution is -1.97. The van der Waals surface area contributed by atoms with Gasteiger partial charge in [-0.1, -0.05) is 12.1 Å². The van der Waals surface area contributed by atoms with Gasteiger partial charge < -0.3 is 19.9 Å². The number of fused-ring (bicyclic) bond motifs is 1. The van der Waals surface area contributed by atoms with Gasteiger partial charge in [-0.3, -0.25) is 4.57 Å². The highest BCUT2D eigenvalue weighted by atomic mass is 31.2. The number of aromatic carboxylic acids is 1. The fourth-order valence-electron chi connectivity index (χ4n) is 1.47. The van der Waals surface area contributed by atoms with Crippen LogP contribution in [0.25, 0.3) is 17.1 Å². The monoisotopic (exact) mass is 268 g/mol. The molecule has 1 heterocycles. The molecule has 2 aromatic rings. The minimum Gasteiger partial charge on any atom is -0.475 e. The van der Waals surface area contributed by atoms with Gasteiger partial charge in [0.25, 0.3) is 0 Å². The van der Waals surface area contributed by atoms with E-state index < -0.39 is 13.6 Å². The Labute approximate surface area is 101 Å². The summed E-state index contributed by atoms with van der Waals surface area (Å²) >= 11 is 0. The van der Waals surface area contributed by atoms with E-state index in [1.807, 2.05) is 0 Å². The van der Waals surface area contributed by atoms with Crippen molar-refractivity contribution in [3.8, 4) is 0 Å². The highest BCUT2D eigenvalue weighted by molar-refractivity contribution is 7.55.